The van der Waals surface area contributed by atoms with Crippen molar-refractivity contribution in [1.29, 1.82) is 0 Å². The number of carbonyl (C=O) groups is 1. The molecule has 37 heavy (non-hydrogen) atoms. The highest BCUT2D eigenvalue weighted by Gasteiger charge is 2.59. The van der Waals surface area contributed by atoms with Crippen LogP contribution >= 0.6 is 0 Å². The molecule has 0 bridgehead atoms. The summed E-state index contributed by atoms with van der Waals surface area (Å²) in [6.07, 6.45) is 3.09. The molecule has 0 amide bonds. The van der Waals surface area contributed by atoms with Crippen molar-refractivity contribution in [3.05, 3.63) is 64.8 Å². The Morgan fingerprint density at radius 1 is 1.16 bits per heavy atom. The number of likely N-dealkylation sites (tertiary alicyclic amines) is 1. The SMILES string of the molecule is COCC(c1c(OC)cc(C)c2[nH]ccc12)N1CCC2(CC1c1ccc(C(=O)OC)cc1)CC(F)(F)C2. The number of alkyl halides is 2. The van der Waals surface area contributed by atoms with Crippen molar-refractivity contribution in [2.45, 2.75) is 50.6 Å². The third kappa shape index (κ3) is 4.61. The Balaban J connectivity index is 1.59. The topological polar surface area (TPSA) is 63.8 Å². The summed E-state index contributed by atoms with van der Waals surface area (Å²) in [5, 5.41) is 1.06. The van der Waals surface area contributed by atoms with E-state index in [0.717, 1.165) is 33.3 Å². The molecule has 2 aromatic carbocycles. The number of benzene rings is 2. The average molecular weight is 513 g/mol. The van der Waals surface area contributed by atoms with Crippen LogP contribution in [-0.2, 0) is 9.47 Å². The zero-order chi connectivity index (χ0) is 26.4. The number of fused-ring (bicyclic) bond motifs is 1. The first-order chi connectivity index (χ1) is 17.7. The number of halogens is 2. The standard InChI is InChI=1S/C29H34F2N2O4/c1-18-13-24(36-3)25(21-9-11-32-26(18)21)23(15-35-2)33-12-10-28(16-29(30,31)17-28)14-22(33)19-5-7-20(8-6-19)27(34)37-4/h5-9,11,13,22-23,32H,10,12,14-17H2,1-4H3. The largest absolute Gasteiger partial charge is 0.496 e. The van der Waals surface area contributed by atoms with Crippen LogP contribution in [0.3, 0.4) is 0 Å². The number of carbonyl (C=O) groups excluding carboxylic acids is 1. The fourth-order valence-electron chi connectivity index (χ4n) is 6.57. The molecule has 3 aromatic rings. The number of esters is 1. The summed E-state index contributed by atoms with van der Waals surface area (Å²) < 4.78 is 44.7. The summed E-state index contributed by atoms with van der Waals surface area (Å²) in [6.45, 7) is 3.11. The lowest BCUT2D eigenvalue weighted by molar-refractivity contribution is -0.189. The van der Waals surface area contributed by atoms with Gasteiger partial charge in [0.05, 0.1) is 32.4 Å². The Morgan fingerprint density at radius 3 is 2.51 bits per heavy atom. The van der Waals surface area contributed by atoms with Crippen molar-refractivity contribution < 1.29 is 27.8 Å². The van der Waals surface area contributed by atoms with E-state index < -0.39 is 11.9 Å². The number of methoxy groups -OCH3 is 3. The molecule has 5 rings (SSSR count). The van der Waals surface area contributed by atoms with E-state index in [-0.39, 0.29) is 30.3 Å². The van der Waals surface area contributed by atoms with Crippen molar-refractivity contribution in [3.8, 4) is 5.75 Å². The second kappa shape index (κ2) is 9.72. The fourth-order valence-corrected chi connectivity index (χ4v) is 6.57. The number of piperidine rings is 1. The van der Waals surface area contributed by atoms with Gasteiger partial charge in [0.15, 0.2) is 0 Å². The van der Waals surface area contributed by atoms with Gasteiger partial charge in [-0.05, 0) is 60.6 Å². The average Bonchev–Trinajstić information content (AvgIpc) is 3.37. The third-order valence-electron chi connectivity index (χ3n) is 8.23. The zero-order valence-corrected chi connectivity index (χ0v) is 21.8. The number of aryl methyl sites for hydroxylation is 1. The van der Waals surface area contributed by atoms with Crippen LogP contribution < -0.4 is 4.74 Å². The number of aromatic amines is 1. The second-order valence-corrected chi connectivity index (χ2v) is 10.6. The van der Waals surface area contributed by atoms with E-state index in [9.17, 15) is 13.6 Å². The maximum Gasteiger partial charge on any atom is 0.337 e. The molecule has 1 saturated heterocycles. The van der Waals surface area contributed by atoms with Crippen LogP contribution in [0, 0.1) is 12.3 Å². The van der Waals surface area contributed by atoms with Crippen LogP contribution in [0.5, 0.6) is 5.75 Å². The lowest BCUT2D eigenvalue weighted by Crippen LogP contribution is -2.54. The van der Waals surface area contributed by atoms with Crippen LogP contribution in [0.25, 0.3) is 10.9 Å². The minimum Gasteiger partial charge on any atom is -0.496 e. The molecule has 1 saturated carbocycles. The van der Waals surface area contributed by atoms with E-state index in [1.807, 2.05) is 31.3 Å². The number of nitrogens with one attached hydrogen (secondary N) is 1. The Bertz CT molecular complexity index is 1280. The molecule has 2 heterocycles. The van der Waals surface area contributed by atoms with Crippen LogP contribution in [-0.4, -0.2) is 56.3 Å². The molecule has 2 aliphatic rings. The van der Waals surface area contributed by atoms with Gasteiger partial charge in [-0.1, -0.05) is 12.1 Å². The van der Waals surface area contributed by atoms with Gasteiger partial charge >= 0.3 is 5.97 Å². The second-order valence-electron chi connectivity index (χ2n) is 10.6. The summed E-state index contributed by atoms with van der Waals surface area (Å²) in [5.74, 6) is -2.22. The maximum atomic E-state index is 14.1. The number of rotatable bonds is 7. The highest BCUT2D eigenvalue weighted by atomic mass is 19.3. The highest BCUT2D eigenvalue weighted by Crippen LogP contribution is 2.61. The van der Waals surface area contributed by atoms with Gasteiger partial charge in [-0.15, -0.1) is 0 Å². The quantitative estimate of drug-likeness (QED) is 0.381. The Morgan fingerprint density at radius 2 is 1.89 bits per heavy atom. The number of nitrogens with zero attached hydrogens (tertiary/aromatic N) is 1. The molecule has 198 valence electrons. The Kier molecular flexibility index (Phi) is 6.75. The summed E-state index contributed by atoms with van der Waals surface area (Å²) in [6, 6.07) is 11.1. The predicted octanol–water partition coefficient (Wildman–Crippen LogP) is 6.21. The molecule has 2 atom stereocenters. The molecule has 8 heteroatoms. The predicted molar refractivity (Wildman–Crippen MR) is 137 cm³/mol. The number of aromatic nitrogens is 1. The number of H-pyrrole nitrogens is 1. The van der Waals surface area contributed by atoms with Gasteiger partial charge in [0.25, 0.3) is 0 Å². The fraction of sp³-hybridized carbons (Fsp3) is 0.483. The minimum atomic E-state index is -2.59. The lowest BCUT2D eigenvalue weighted by Gasteiger charge is -2.56. The Labute approximate surface area is 215 Å². The molecule has 1 aliphatic carbocycles. The molecule has 2 unspecified atom stereocenters. The lowest BCUT2D eigenvalue weighted by atomic mass is 9.58. The van der Waals surface area contributed by atoms with Gasteiger partial charge in [0, 0.05) is 55.2 Å². The zero-order valence-electron chi connectivity index (χ0n) is 21.8. The van der Waals surface area contributed by atoms with E-state index in [1.165, 1.54) is 7.11 Å². The van der Waals surface area contributed by atoms with Crippen LogP contribution in [0.15, 0.2) is 42.6 Å². The van der Waals surface area contributed by atoms with E-state index in [4.69, 9.17) is 14.2 Å². The third-order valence-corrected chi connectivity index (χ3v) is 8.23. The summed E-state index contributed by atoms with van der Waals surface area (Å²) in [5.41, 5.74) is 4.21. The maximum absolute atomic E-state index is 14.1. The molecular weight excluding hydrogens is 478 g/mol. The first-order valence-corrected chi connectivity index (χ1v) is 12.7. The van der Waals surface area contributed by atoms with Crippen LogP contribution in [0.4, 0.5) is 8.78 Å². The molecule has 2 fully saturated rings. The number of ether oxygens (including phenoxy) is 3. The summed E-state index contributed by atoms with van der Waals surface area (Å²) >= 11 is 0. The van der Waals surface area contributed by atoms with E-state index in [2.05, 4.69) is 16.0 Å². The molecule has 0 radical (unpaired) electrons. The number of hydrogen-bond donors (Lipinski definition) is 1. The van der Waals surface area contributed by atoms with Gasteiger partial charge in [-0.2, -0.15) is 0 Å². The monoisotopic (exact) mass is 512 g/mol. The normalized spacial score (nSPS) is 21.5. The van der Waals surface area contributed by atoms with Crippen molar-refractivity contribution in [3.63, 3.8) is 0 Å². The van der Waals surface area contributed by atoms with E-state index in [1.54, 1.807) is 26.4 Å². The highest BCUT2D eigenvalue weighted by molar-refractivity contribution is 5.89. The van der Waals surface area contributed by atoms with Gasteiger partial charge in [-0.25, -0.2) is 13.6 Å². The van der Waals surface area contributed by atoms with E-state index in [0.29, 0.717) is 31.6 Å². The molecule has 6 nitrogen and oxygen atoms in total. The number of hydrogen-bond acceptors (Lipinski definition) is 5. The summed E-state index contributed by atoms with van der Waals surface area (Å²) in [7, 11) is 4.71. The minimum absolute atomic E-state index is 0.0740. The van der Waals surface area contributed by atoms with Crippen molar-refractivity contribution in [2.75, 3.05) is 34.5 Å². The summed E-state index contributed by atoms with van der Waals surface area (Å²) in [4.78, 5) is 17.7. The van der Waals surface area contributed by atoms with Crippen molar-refractivity contribution in [1.82, 2.24) is 9.88 Å². The van der Waals surface area contributed by atoms with Crippen LogP contribution in [0.1, 0.15) is 64.8 Å². The molecule has 1 N–H and O–H groups in total. The van der Waals surface area contributed by atoms with Gasteiger partial charge in [-0.3, -0.25) is 4.90 Å². The first-order valence-electron chi connectivity index (χ1n) is 12.7. The van der Waals surface area contributed by atoms with Crippen molar-refractivity contribution in [2.24, 2.45) is 5.41 Å². The van der Waals surface area contributed by atoms with Gasteiger partial charge in [0.1, 0.15) is 5.75 Å². The molecule has 1 spiro atoms. The molecule has 1 aromatic heterocycles. The van der Waals surface area contributed by atoms with Crippen LogP contribution in [0.2, 0.25) is 0 Å². The first kappa shape index (κ1) is 25.7. The molecule has 1 aliphatic heterocycles. The Hall–Kier alpha value is -2.97. The van der Waals surface area contributed by atoms with E-state index >= 15 is 0 Å². The molecular formula is C29H34F2N2O4. The van der Waals surface area contributed by atoms with Gasteiger partial charge < -0.3 is 19.2 Å². The smallest absolute Gasteiger partial charge is 0.337 e. The van der Waals surface area contributed by atoms with Gasteiger partial charge in [0.2, 0.25) is 5.92 Å². The van der Waals surface area contributed by atoms with Crippen molar-refractivity contribution >= 4 is 16.9 Å².